The zero-order chi connectivity index (χ0) is 29.1. The number of likely N-dealkylation sites (tertiary alicyclic amines) is 1. The number of carbonyl (C=O) groups excluding carboxylic acids is 3. The van der Waals surface area contributed by atoms with E-state index in [0.29, 0.717) is 45.7 Å². The number of nitrogens with zero attached hydrogens (tertiary/aromatic N) is 3. The first-order valence-corrected chi connectivity index (χ1v) is 15.6. The third-order valence-electron chi connectivity index (χ3n) is 9.56. The number of aliphatic hydroxyl groups is 1. The van der Waals surface area contributed by atoms with Gasteiger partial charge in [-0.1, -0.05) is 32.4 Å². The lowest BCUT2D eigenvalue weighted by molar-refractivity contribution is -0.156. The van der Waals surface area contributed by atoms with Gasteiger partial charge >= 0.3 is 5.97 Å². The van der Waals surface area contributed by atoms with Crippen LogP contribution < -0.4 is 0 Å². The highest BCUT2D eigenvalue weighted by Gasteiger charge is 2.78. The van der Waals surface area contributed by atoms with Crippen LogP contribution >= 0.6 is 11.8 Å². The summed E-state index contributed by atoms with van der Waals surface area (Å²) in [6, 6.07) is -1.28. The molecule has 224 valence electrons. The highest BCUT2D eigenvalue weighted by molar-refractivity contribution is 8.02. The molecule has 1 spiro atoms. The highest BCUT2D eigenvalue weighted by Crippen LogP contribution is 2.72. The second kappa shape index (κ2) is 13.0. The fourth-order valence-corrected chi connectivity index (χ4v) is 9.54. The molecule has 0 aromatic carbocycles. The molecule has 0 aliphatic carbocycles. The van der Waals surface area contributed by atoms with Crippen molar-refractivity contribution in [3.05, 3.63) is 25.3 Å². The molecule has 40 heavy (non-hydrogen) atoms. The second-order valence-corrected chi connectivity index (χ2v) is 13.8. The molecule has 4 rings (SSSR count). The summed E-state index contributed by atoms with van der Waals surface area (Å²) in [5.74, 6) is -2.01. The lowest BCUT2D eigenvalue weighted by atomic mass is 9.66. The first kappa shape index (κ1) is 31.1. The van der Waals surface area contributed by atoms with Gasteiger partial charge in [0.15, 0.2) is 0 Å². The summed E-state index contributed by atoms with van der Waals surface area (Å²) in [6.45, 7) is 18.2. The van der Waals surface area contributed by atoms with Crippen LogP contribution in [0.15, 0.2) is 25.3 Å². The first-order valence-electron chi connectivity index (χ1n) is 14.8. The molecular formula is C30H47N3O6S. The van der Waals surface area contributed by atoms with Crippen LogP contribution in [-0.2, 0) is 23.9 Å². The van der Waals surface area contributed by atoms with E-state index in [1.807, 2.05) is 25.7 Å². The van der Waals surface area contributed by atoms with Gasteiger partial charge in [0.2, 0.25) is 11.8 Å². The van der Waals surface area contributed by atoms with Gasteiger partial charge in [0.25, 0.3) is 0 Å². The summed E-state index contributed by atoms with van der Waals surface area (Å²) in [4.78, 5) is 48.4. The number of fused-ring (bicyclic) bond motifs is 1. The topological polar surface area (TPSA) is 99.6 Å². The van der Waals surface area contributed by atoms with Crippen LogP contribution in [0.2, 0.25) is 0 Å². The van der Waals surface area contributed by atoms with Gasteiger partial charge in [0, 0.05) is 37.5 Å². The molecule has 4 aliphatic heterocycles. The van der Waals surface area contributed by atoms with E-state index in [-0.39, 0.29) is 36.9 Å². The minimum Gasteiger partial charge on any atom is -0.465 e. The van der Waals surface area contributed by atoms with Crippen LogP contribution in [0.25, 0.3) is 0 Å². The number of ether oxygens (including phenoxy) is 2. The normalized spacial score (nSPS) is 33.0. The number of aliphatic hydroxyl groups excluding tert-OH is 1. The van der Waals surface area contributed by atoms with Gasteiger partial charge < -0.3 is 24.4 Å². The monoisotopic (exact) mass is 577 g/mol. The maximum atomic E-state index is 14.6. The van der Waals surface area contributed by atoms with Crippen molar-refractivity contribution in [3.8, 4) is 0 Å². The van der Waals surface area contributed by atoms with Gasteiger partial charge in [-0.25, -0.2) is 0 Å². The largest absolute Gasteiger partial charge is 0.465 e. The lowest BCUT2D eigenvalue weighted by Gasteiger charge is -2.41. The quantitative estimate of drug-likeness (QED) is 0.191. The zero-order valence-electron chi connectivity index (χ0n) is 24.4. The van der Waals surface area contributed by atoms with Gasteiger partial charge in [-0.2, -0.15) is 0 Å². The summed E-state index contributed by atoms with van der Waals surface area (Å²) >= 11 is 1.63. The number of esters is 1. The van der Waals surface area contributed by atoms with Gasteiger partial charge in [-0.15, -0.1) is 24.9 Å². The molecule has 7 atom stereocenters. The van der Waals surface area contributed by atoms with Gasteiger partial charge in [-0.3, -0.25) is 19.3 Å². The standard InChI is InChI=1S/C30H47N3O6S/c1-6-9-17-39-28(37)24-23-26(35)33(22(20-34)21(4)8-3)25(30(23)11-10-29(24,5)40-30)27(36)32(12-7-2)14-13-31-15-18-38-19-16-31/h6-7,21-25,34H,1-2,8-20H2,3-5H3/t21-,22-,23-,24+,25?,29-,30?/m0/s1. The first-order chi connectivity index (χ1) is 19.2. The molecule has 4 aliphatic rings. The Morgan fingerprint density at radius 3 is 2.62 bits per heavy atom. The summed E-state index contributed by atoms with van der Waals surface area (Å²) in [7, 11) is 0. The third kappa shape index (κ3) is 5.49. The van der Waals surface area contributed by atoms with Crippen molar-refractivity contribution in [1.82, 2.24) is 14.7 Å². The Morgan fingerprint density at radius 2 is 2.00 bits per heavy atom. The van der Waals surface area contributed by atoms with Crippen molar-refractivity contribution in [2.75, 3.05) is 59.2 Å². The molecule has 4 heterocycles. The Morgan fingerprint density at radius 1 is 1.27 bits per heavy atom. The predicted octanol–water partition coefficient (Wildman–Crippen LogP) is 2.34. The van der Waals surface area contributed by atoms with Gasteiger partial charge in [0.05, 0.1) is 49.1 Å². The molecule has 9 nitrogen and oxygen atoms in total. The number of rotatable bonds is 14. The Hall–Kier alpha value is -1.88. The zero-order valence-corrected chi connectivity index (χ0v) is 25.2. The van der Waals surface area contributed by atoms with E-state index in [4.69, 9.17) is 9.47 Å². The second-order valence-electron chi connectivity index (χ2n) is 11.9. The number of hydrogen-bond acceptors (Lipinski definition) is 8. The Bertz CT molecular complexity index is 973. The van der Waals surface area contributed by atoms with Crippen LogP contribution in [0.4, 0.5) is 0 Å². The number of carbonyl (C=O) groups is 3. The van der Waals surface area contributed by atoms with E-state index < -0.39 is 33.4 Å². The van der Waals surface area contributed by atoms with E-state index in [2.05, 4.69) is 18.1 Å². The molecular weight excluding hydrogens is 530 g/mol. The van der Waals surface area contributed by atoms with E-state index in [1.54, 1.807) is 28.8 Å². The smallest absolute Gasteiger partial charge is 0.311 e. The molecule has 0 saturated carbocycles. The van der Waals surface area contributed by atoms with Crippen LogP contribution in [0.3, 0.4) is 0 Å². The molecule has 0 aromatic rings. The summed E-state index contributed by atoms with van der Waals surface area (Å²) in [5, 5.41) is 10.6. The molecule has 2 amide bonds. The van der Waals surface area contributed by atoms with Gasteiger partial charge in [-0.05, 0) is 32.1 Å². The molecule has 2 unspecified atom stereocenters. The van der Waals surface area contributed by atoms with Crippen LogP contribution in [-0.4, -0.2) is 118 Å². The molecule has 1 N–H and O–H groups in total. The molecule has 10 heteroatoms. The van der Waals surface area contributed by atoms with Crippen LogP contribution in [0.1, 0.15) is 46.5 Å². The minimum absolute atomic E-state index is 0.0172. The number of thioether (sulfide) groups is 1. The Labute approximate surface area is 243 Å². The van der Waals surface area contributed by atoms with E-state index in [1.165, 1.54) is 0 Å². The average Bonchev–Trinajstić information content (AvgIpc) is 3.52. The van der Waals surface area contributed by atoms with Crippen LogP contribution in [0.5, 0.6) is 0 Å². The van der Waals surface area contributed by atoms with Crippen molar-refractivity contribution < 1.29 is 29.0 Å². The maximum absolute atomic E-state index is 14.6. The lowest BCUT2D eigenvalue weighted by Crippen LogP contribution is -2.59. The molecule has 0 aromatic heterocycles. The number of amides is 2. The maximum Gasteiger partial charge on any atom is 0.311 e. The van der Waals surface area contributed by atoms with Gasteiger partial charge in [0.1, 0.15) is 6.04 Å². The van der Waals surface area contributed by atoms with Crippen molar-refractivity contribution in [3.63, 3.8) is 0 Å². The summed E-state index contributed by atoms with van der Waals surface area (Å²) in [5.41, 5.74) is 0. The fraction of sp³-hybridized carbons (Fsp3) is 0.767. The fourth-order valence-electron chi connectivity index (χ4n) is 7.21. The molecule has 2 bridgehead atoms. The predicted molar refractivity (Wildman–Crippen MR) is 156 cm³/mol. The van der Waals surface area contributed by atoms with Crippen molar-refractivity contribution in [2.45, 2.75) is 68.0 Å². The van der Waals surface area contributed by atoms with E-state index >= 15 is 0 Å². The Balaban J connectivity index is 1.71. The summed E-state index contributed by atoms with van der Waals surface area (Å²) in [6.07, 6.45) is 6.11. The van der Waals surface area contributed by atoms with E-state index in [9.17, 15) is 19.5 Å². The summed E-state index contributed by atoms with van der Waals surface area (Å²) < 4.78 is 9.89. The highest BCUT2D eigenvalue weighted by atomic mass is 32.2. The number of morpholine rings is 1. The Kier molecular flexibility index (Phi) is 10.1. The SMILES string of the molecule is C=CCCOC(=O)[C@H]1[C@H]2C(=O)N([C@@H](CO)[C@@H](C)CC)C(C(=O)N(CC=C)CCN3CCOCC3)C23CC[C@]1(C)S3. The molecule has 4 saturated heterocycles. The minimum atomic E-state index is -0.765. The van der Waals surface area contributed by atoms with Crippen molar-refractivity contribution >= 4 is 29.5 Å². The number of hydrogen-bond donors (Lipinski definition) is 1. The third-order valence-corrected chi connectivity index (χ3v) is 11.6. The average molecular weight is 578 g/mol. The molecule has 4 fully saturated rings. The van der Waals surface area contributed by atoms with Crippen molar-refractivity contribution in [2.24, 2.45) is 17.8 Å². The van der Waals surface area contributed by atoms with E-state index in [0.717, 1.165) is 25.9 Å². The van der Waals surface area contributed by atoms with Crippen molar-refractivity contribution in [1.29, 1.82) is 0 Å². The molecule has 0 radical (unpaired) electrons. The van der Waals surface area contributed by atoms with Crippen LogP contribution in [0, 0.1) is 17.8 Å².